The highest BCUT2D eigenvalue weighted by atomic mass is 19.4. The van der Waals surface area contributed by atoms with Gasteiger partial charge in [-0.1, -0.05) is 0 Å². The summed E-state index contributed by atoms with van der Waals surface area (Å²) < 4.78 is 81.8. The SMILES string of the molecule is C[C@@H](Nc1ncnc(N2CC(C(F)(F)F)C2)c1F)C(=O)N1CCC1.OC(F)(F)F. The fourth-order valence-electron chi connectivity index (χ4n) is 2.62. The van der Waals surface area contributed by atoms with E-state index in [2.05, 4.69) is 15.3 Å². The van der Waals surface area contributed by atoms with Crippen molar-refractivity contribution < 1.29 is 40.6 Å². The van der Waals surface area contributed by atoms with Crippen LogP contribution in [0.4, 0.5) is 42.4 Å². The Kier molecular flexibility index (Phi) is 6.75. The number of nitrogens with zero attached hydrogens (tertiary/aromatic N) is 4. The van der Waals surface area contributed by atoms with Gasteiger partial charge in [0.15, 0.2) is 11.6 Å². The molecular formula is C15H18F7N5O2. The van der Waals surface area contributed by atoms with Crippen LogP contribution in [-0.2, 0) is 4.79 Å². The van der Waals surface area contributed by atoms with Crippen LogP contribution in [0.5, 0.6) is 0 Å². The number of carbonyl (C=O) groups is 1. The van der Waals surface area contributed by atoms with Gasteiger partial charge in [0.25, 0.3) is 0 Å². The summed E-state index contributed by atoms with van der Waals surface area (Å²) in [4.78, 5) is 22.4. The number of likely N-dealkylation sites (tertiary alicyclic amines) is 1. The quantitative estimate of drug-likeness (QED) is 0.709. The number of aromatic nitrogens is 2. The van der Waals surface area contributed by atoms with Crippen LogP contribution in [0.15, 0.2) is 6.33 Å². The molecule has 2 aliphatic heterocycles. The van der Waals surface area contributed by atoms with Gasteiger partial charge in [0.1, 0.15) is 12.4 Å². The average Bonchev–Trinajstić information content (AvgIpc) is 2.44. The second-order valence-corrected chi connectivity index (χ2v) is 6.52. The lowest BCUT2D eigenvalue weighted by molar-refractivity contribution is -0.295. The van der Waals surface area contributed by atoms with Gasteiger partial charge in [-0.2, -0.15) is 17.6 Å². The van der Waals surface area contributed by atoms with Crippen molar-refractivity contribution in [1.82, 2.24) is 14.9 Å². The number of aliphatic hydroxyl groups is 1. The Labute approximate surface area is 160 Å². The first-order valence-corrected chi connectivity index (χ1v) is 8.44. The van der Waals surface area contributed by atoms with Crippen LogP contribution in [0.2, 0.25) is 0 Å². The molecule has 2 N–H and O–H groups in total. The monoisotopic (exact) mass is 433 g/mol. The maximum Gasteiger partial charge on any atom is 0.519 e. The second kappa shape index (κ2) is 8.55. The Morgan fingerprint density at radius 1 is 1.21 bits per heavy atom. The second-order valence-electron chi connectivity index (χ2n) is 6.52. The lowest BCUT2D eigenvalue weighted by atomic mass is 10.00. The van der Waals surface area contributed by atoms with Crippen LogP contribution in [0, 0.1) is 11.7 Å². The van der Waals surface area contributed by atoms with Gasteiger partial charge >= 0.3 is 12.5 Å². The normalized spacial score (nSPS) is 18.2. The molecule has 2 saturated heterocycles. The van der Waals surface area contributed by atoms with Gasteiger partial charge < -0.3 is 20.2 Å². The fourth-order valence-corrected chi connectivity index (χ4v) is 2.62. The van der Waals surface area contributed by atoms with E-state index in [1.807, 2.05) is 0 Å². The van der Waals surface area contributed by atoms with Crippen molar-refractivity contribution in [3.8, 4) is 0 Å². The Morgan fingerprint density at radius 2 is 1.76 bits per heavy atom. The summed E-state index contributed by atoms with van der Waals surface area (Å²) in [6, 6.07) is -0.679. The number of rotatable bonds is 4. The first-order chi connectivity index (χ1) is 13.3. The van der Waals surface area contributed by atoms with Gasteiger partial charge in [-0.15, -0.1) is 13.2 Å². The van der Waals surface area contributed by atoms with Crippen LogP contribution in [0.3, 0.4) is 0 Å². The lowest BCUT2D eigenvalue weighted by Gasteiger charge is -2.41. The summed E-state index contributed by atoms with van der Waals surface area (Å²) in [7, 11) is 0. The molecule has 164 valence electrons. The van der Waals surface area contributed by atoms with E-state index in [4.69, 9.17) is 5.11 Å². The predicted octanol–water partition coefficient (Wildman–Crippen LogP) is 2.15. The third kappa shape index (κ3) is 6.30. The Hall–Kier alpha value is -2.38. The molecule has 1 amide bonds. The van der Waals surface area contributed by atoms with Gasteiger partial charge in [-0.25, -0.2) is 9.97 Å². The highest BCUT2D eigenvalue weighted by Crippen LogP contribution is 2.36. The predicted molar refractivity (Wildman–Crippen MR) is 86.3 cm³/mol. The number of alkyl halides is 6. The van der Waals surface area contributed by atoms with Crippen molar-refractivity contribution in [3.05, 3.63) is 12.1 Å². The van der Waals surface area contributed by atoms with E-state index < -0.39 is 30.3 Å². The number of carbonyl (C=O) groups excluding carboxylic acids is 1. The molecule has 1 atom stereocenters. The summed E-state index contributed by atoms with van der Waals surface area (Å²) in [6.45, 7) is 2.27. The number of hydrogen-bond donors (Lipinski definition) is 2. The fraction of sp³-hybridized carbons (Fsp3) is 0.667. The van der Waals surface area contributed by atoms with Crippen LogP contribution in [0.1, 0.15) is 13.3 Å². The van der Waals surface area contributed by atoms with E-state index in [0.29, 0.717) is 13.1 Å². The van der Waals surface area contributed by atoms with Crippen molar-refractivity contribution in [3.63, 3.8) is 0 Å². The van der Waals surface area contributed by atoms with E-state index in [1.165, 1.54) is 4.90 Å². The number of amides is 1. The zero-order valence-corrected chi connectivity index (χ0v) is 15.1. The summed E-state index contributed by atoms with van der Waals surface area (Å²) in [5.41, 5.74) is 0. The largest absolute Gasteiger partial charge is 0.519 e. The Bertz CT molecular complexity index is 712. The highest BCUT2D eigenvalue weighted by molar-refractivity contribution is 5.84. The van der Waals surface area contributed by atoms with Crippen molar-refractivity contribution in [2.45, 2.75) is 31.9 Å². The summed E-state index contributed by atoms with van der Waals surface area (Å²) in [5, 5.41) is 9.20. The van der Waals surface area contributed by atoms with Gasteiger partial charge in [0.2, 0.25) is 11.7 Å². The van der Waals surface area contributed by atoms with E-state index in [9.17, 15) is 35.5 Å². The molecule has 29 heavy (non-hydrogen) atoms. The Balaban J connectivity index is 0.000000537. The molecule has 1 aromatic rings. The topological polar surface area (TPSA) is 81.6 Å². The standard InChI is InChI=1S/C14H17F4N5O.CHF3O/c1-8(13(24)22-3-2-4-22)21-11-10(15)12(20-7-19-11)23-5-9(6-23)14(16,17)18;2-1(3,4)5/h7-9H,2-6H2,1H3,(H,19,20,21);5H/t8-;/m1./s1. The lowest BCUT2D eigenvalue weighted by Crippen LogP contribution is -2.54. The van der Waals surface area contributed by atoms with E-state index >= 15 is 0 Å². The van der Waals surface area contributed by atoms with Gasteiger partial charge in [-0.05, 0) is 13.3 Å². The average molecular weight is 433 g/mol. The number of anilines is 2. The third-order valence-corrected chi connectivity index (χ3v) is 4.31. The van der Waals surface area contributed by atoms with E-state index in [-0.39, 0.29) is 30.6 Å². The van der Waals surface area contributed by atoms with Gasteiger partial charge in [-0.3, -0.25) is 4.79 Å². The minimum atomic E-state index is -5.00. The third-order valence-electron chi connectivity index (χ3n) is 4.31. The number of hydrogen-bond acceptors (Lipinski definition) is 6. The molecular weight excluding hydrogens is 415 g/mol. The van der Waals surface area contributed by atoms with Gasteiger partial charge in [0, 0.05) is 26.2 Å². The summed E-state index contributed by atoms with van der Waals surface area (Å²) in [5.74, 6) is -2.85. The molecule has 7 nitrogen and oxygen atoms in total. The molecule has 1 aromatic heterocycles. The number of nitrogens with one attached hydrogen (secondary N) is 1. The molecule has 0 aromatic carbocycles. The Morgan fingerprint density at radius 3 is 2.21 bits per heavy atom. The van der Waals surface area contributed by atoms with Crippen molar-refractivity contribution >= 4 is 17.5 Å². The highest BCUT2D eigenvalue weighted by Gasteiger charge is 2.48. The van der Waals surface area contributed by atoms with Crippen molar-refractivity contribution in [1.29, 1.82) is 0 Å². The first kappa shape index (κ1) is 22.9. The smallest absolute Gasteiger partial charge is 0.356 e. The van der Waals surface area contributed by atoms with Crippen LogP contribution >= 0.6 is 0 Å². The molecule has 0 aliphatic carbocycles. The molecule has 2 fully saturated rings. The van der Waals surface area contributed by atoms with Crippen LogP contribution < -0.4 is 10.2 Å². The minimum Gasteiger partial charge on any atom is -0.356 e. The molecule has 0 saturated carbocycles. The van der Waals surface area contributed by atoms with E-state index in [0.717, 1.165) is 12.7 Å². The molecule has 0 spiro atoms. The molecule has 3 heterocycles. The number of halogens is 7. The molecule has 0 bridgehead atoms. The minimum absolute atomic E-state index is 0.165. The zero-order chi connectivity index (χ0) is 22.0. The molecule has 3 rings (SSSR count). The van der Waals surface area contributed by atoms with Crippen LogP contribution in [0.25, 0.3) is 0 Å². The van der Waals surface area contributed by atoms with Crippen LogP contribution in [-0.4, -0.2) is 70.6 Å². The van der Waals surface area contributed by atoms with Crippen molar-refractivity contribution in [2.75, 3.05) is 36.4 Å². The molecule has 2 aliphatic rings. The van der Waals surface area contributed by atoms with Gasteiger partial charge in [0.05, 0.1) is 5.92 Å². The maximum absolute atomic E-state index is 14.5. The molecule has 0 radical (unpaired) electrons. The maximum atomic E-state index is 14.5. The molecule has 0 unspecified atom stereocenters. The summed E-state index contributed by atoms with van der Waals surface area (Å²) in [6.07, 6.45) is -7.28. The zero-order valence-electron chi connectivity index (χ0n) is 15.1. The molecule has 14 heteroatoms. The summed E-state index contributed by atoms with van der Waals surface area (Å²) >= 11 is 0. The first-order valence-electron chi connectivity index (χ1n) is 8.44. The van der Waals surface area contributed by atoms with E-state index in [1.54, 1.807) is 11.8 Å². The van der Waals surface area contributed by atoms with Crippen molar-refractivity contribution in [2.24, 2.45) is 5.92 Å².